The van der Waals surface area contributed by atoms with Crippen LogP contribution in [-0.4, -0.2) is 29.7 Å². The fraction of sp³-hybridized carbons (Fsp3) is 0.867. The van der Waals surface area contributed by atoms with Crippen molar-refractivity contribution in [2.75, 3.05) is 13.1 Å². The van der Waals surface area contributed by atoms with Gasteiger partial charge in [-0.1, -0.05) is 0 Å². The van der Waals surface area contributed by atoms with E-state index in [0.29, 0.717) is 12.3 Å². The van der Waals surface area contributed by atoms with Crippen molar-refractivity contribution < 1.29 is 9.53 Å². The third-order valence-electron chi connectivity index (χ3n) is 4.14. The zero-order chi connectivity index (χ0) is 14.1. The molecule has 1 aliphatic carbocycles. The molecule has 0 N–H and O–H groups in total. The van der Waals surface area contributed by atoms with Gasteiger partial charge in [0.2, 0.25) is 0 Å². The van der Waals surface area contributed by atoms with E-state index in [0.717, 1.165) is 32.4 Å². The average Bonchev–Trinajstić information content (AvgIpc) is 2.25. The summed E-state index contributed by atoms with van der Waals surface area (Å²) < 4.78 is 5.45. The predicted octanol–water partition coefficient (Wildman–Crippen LogP) is 3.33. The van der Waals surface area contributed by atoms with Crippen LogP contribution in [0.5, 0.6) is 0 Å². The Morgan fingerprint density at radius 2 is 2.16 bits per heavy atom. The van der Waals surface area contributed by atoms with E-state index in [-0.39, 0.29) is 11.5 Å². The lowest BCUT2D eigenvalue weighted by Gasteiger charge is -2.52. The normalized spacial score (nSPS) is 30.6. The maximum Gasteiger partial charge on any atom is 0.410 e. The Labute approximate surface area is 115 Å². The van der Waals surface area contributed by atoms with E-state index in [9.17, 15) is 4.79 Å². The van der Waals surface area contributed by atoms with Crippen LogP contribution in [0.25, 0.3) is 0 Å². The number of ether oxygens (including phenoxy) is 1. The molecule has 0 unspecified atom stereocenters. The van der Waals surface area contributed by atoms with E-state index in [1.54, 1.807) is 0 Å². The van der Waals surface area contributed by atoms with Gasteiger partial charge < -0.3 is 9.64 Å². The van der Waals surface area contributed by atoms with Crippen LogP contribution in [0, 0.1) is 22.7 Å². The van der Waals surface area contributed by atoms with E-state index in [1.165, 1.54) is 6.42 Å². The number of piperidine rings is 1. The van der Waals surface area contributed by atoms with Crippen LogP contribution in [0.15, 0.2) is 0 Å². The standard InChI is InChI=1S/C15H24N2O2/c1-14(2,3)19-13(18)17-8-4-6-15(11-17)9-12(10-15)5-7-16/h12H,4-6,8-11H2,1-3H3. The van der Waals surface area contributed by atoms with Gasteiger partial charge in [-0.2, -0.15) is 5.26 Å². The first-order chi connectivity index (χ1) is 8.84. The summed E-state index contributed by atoms with van der Waals surface area (Å²) in [5.41, 5.74) is -0.151. The first-order valence-corrected chi connectivity index (χ1v) is 7.18. The molecule has 2 rings (SSSR count). The van der Waals surface area contributed by atoms with Gasteiger partial charge in [0.1, 0.15) is 5.60 Å². The van der Waals surface area contributed by atoms with Crippen molar-refractivity contribution in [2.45, 2.75) is 58.5 Å². The number of nitrogens with zero attached hydrogens (tertiary/aromatic N) is 2. The van der Waals surface area contributed by atoms with Gasteiger partial charge in [-0.25, -0.2) is 4.79 Å². The van der Waals surface area contributed by atoms with Gasteiger partial charge in [-0.3, -0.25) is 0 Å². The third kappa shape index (κ3) is 3.40. The summed E-state index contributed by atoms with van der Waals surface area (Å²) >= 11 is 0. The van der Waals surface area contributed by atoms with Gasteiger partial charge in [0.25, 0.3) is 0 Å². The molecule has 4 heteroatoms. The average molecular weight is 264 g/mol. The number of carbonyl (C=O) groups is 1. The molecule has 0 aromatic rings. The number of rotatable bonds is 1. The molecule has 1 spiro atoms. The van der Waals surface area contributed by atoms with Crippen molar-refractivity contribution in [2.24, 2.45) is 11.3 Å². The summed E-state index contributed by atoms with van der Waals surface area (Å²) in [6.45, 7) is 7.31. The highest BCUT2D eigenvalue weighted by Crippen LogP contribution is 2.52. The lowest BCUT2D eigenvalue weighted by atomic mass is 9.58. The molecule has 1 saturated heterocycles. The van der Waals surface area contributed by atoms with E-state index in [4.69, 9.17) is 10.00 Å². The molecule has 0 atom stereocenters. The summed E-state index contributed by atoms with van der Waals surface area (Å²) in [7, 11) is 0. The maximum atomic E-state index is 12.1. The fourth-order valence-corrected chi connectivity index (χ4v) is 3.46. The largest absolute Gasteiger partial charge is 0.444 e. The van der Waals surface area contributed by atoms with E-state index >= 15 is 0 Å². The van der Waals surface area contributed by atoms with Crippen LogP contribution >= 0.6 is 0 Å². The van der Waals surface area contributed by atoms with Gasteiger partial charge in [0.15, 0.2) is 0 Å². The van der Waals surface area contributed by atoms with E-state index < -0.39 is 5.60 Å². The van der Waals surface area contributed by atoms with Crippen LogP contribution in [0.3, 0.4) is 0 Å². The van der Waals surface area contributed by atoms with Crippen molar-refractivity contribution in [3.8, 4) is 6.07 Å². The van der Waals surface area contributed by atoms with Crippen LogP contribution < -0.4 is 0 Å². The Balaban J connectivity index is 1.89. The highest BCUT2D eigenvalue weighted by atomic mass is 16.6. The summed E-state index contributed by atoms with van der Waals surface area (Å²) in [6.07, 6.45) is 4.91. The number of nitriles is 1. The SMILES string of the molecule is CC(C)(C)OC(=O)N1CCCC2(CC(CC#N)C2)C1. The van der Waals surface area contributed by atoms with Crippen molar-refractivity contribution in [3.63, 3.8) is 0 Å². The van der Waals surface area contributed by atoms with Gasteiger partial charge in [0, 0.05) is 19.5 Å². The highest BCUT2D eigenvalue weighted by molar-refractivity contribution is 5.68. The first kappa shape index (κ1) is 14.2. The Morgan fingerprint density at radius 1 is 1.47 bits per heavy atom. The number of hydrogen-bond donors (Lipinski definition) is 0. The van der Waals surface area contributed by atoms with Crippen molar-refractivity contribution in [1.82, 2.24) is 4.90 Å². The topological polar surface area (TPSA) is 53.3 Å². The molecule has 0 bridgehead atoms. The third-order valence-corrected chi connectivity index (χ3v) is 4.14. The molecule has 19 heavy (non-hydrogen) atoms. The van der Waals surface area contributed by atoms with Gasteiger partial charge in [-0.15, -0.1) is 0 Å². The quantitative estimate of drug-likeness (QED) is 0.730. The molecule has 0 aromatic heterocycles. The van der Waals surface area contributed by atoms with Gasteiger partial charge >= 0.3 is 6.09 Å². The lowest BCUT2D eigenvalue weighted by molar-refractivity contribution is -0.0369. The molecule has 0 radical (unpaired) electrons. The van der Waals surface area contributed by atoms with Crippen LogP contribution in [0.4, 0.5) is 4.79 Å². The molecule has 1 amide bonds. The Bertz CT molecular complexity index is 386. The molecular formula is C15H24N2O2. The molecule has 1 saturated carbocycles. The molecule has 0 aromatic carbocycles. The Hall–Kier alpha value is -1.24. The first-order valence-electron chi connectivity index (χ1n) is 7.18. The molecule has 106 valence electrons. The molecule has 1 aliphatic heterocycles. The van der Waals surface area contributed by atoms with E-state index in [1.807, 2.05) is 25.7 Å². The van der Waals surface area contributed by atoms with Crippen LogP contribution in [0.1, 0.15) is 52.9 Å². The minimum absolute atomic E-state index is 0.185. The zero-order valence-electron chi connectivity index (χ0n) is 12.2. The summed E-state index contributed by atoms with van der Waals surface area (Å²) in [4.78, 5) is 14.0. The molecule has 2 fully saturated rings. The summed E-state index contributed by atoms with van der Waals surface area (Å²) in [6, 6.07) is 2.25. The second kappa shape index (κ2) is 5.03. The Kier molecular flexibility index (Phi) is 3.75. The number of carbonyl (C=O) groups excluding carboxylic acids is 1. The fourth-order valence-electron chi connectivity index (χ4n) is 3.46. The number of hydrogen-bond acceptors (Lipinski definition) is 3. The molecular weight excluding hydrogens is 240 g/mol. The van der Waals surface area contributed by atoms with Crippen LogP contribution in [-0.2, 0) is 4.74 Å². The lowest BCUT2D eigenvalue weighted by Crippen LogP contribution is -2.52. The Morgan fingerprint density at radius 3 is 2.74 bits per heavy atom. The smallest absolute Gasteiger partial charge is 0.410 e. The number of likely N-dealkylation sites (tertiary alicyclic amines) is 1. The summed E-state index contributed by atoms with van der Waals surface area (Å²) in [5.74, 6) is 0.545. The zero-order valence-corrected chi connectivity index (χ0v) is 12.2. The molecule has 2 aliphatic rings. The minimum Gasteiger partial charge on any atom is -0.444 e. The van der Waals surface area contributed by atoms with Crippen LogP contribution in [0.2, 0.25) is 0 Å². The second-order valence-electron chi connectivity index (χ2n) is 7.14. The van der Waals surface area contributed by atoms with Crippen molar-refractivity contribution in [1.29, 1.82) is 5.26 Å². The maximum absolute atomic E-state index is 12.1. The van der Waals surface area contributed by atoms with Crippen molar-refractivity contribution >= 4 is 6.09 Å². The van der Waals surface area contributed by atoms with Gasteiger partial charge in [-0.05, 0) is 57.8 Å². The molecule has 1 heterocycles. The van der Waals surface area contributed by atoms with Crippen molar-refractivity contribution in [3.05, 3.63) is 0 Å². The second-order valence-corrected chi connectivity index (χ2v) is 7.14. The van der Waals surface area contributed by atoms with Gasteiger partial charge in [0.05, 0.1) is 6.07 Å². The number of amides is 1. The predicted molar refractivity (Wildman–Crippen MR) is 72.4 cm³/mol. The minimum atomic E-state index is -0.426. The molecule has 4 nitrogen and oxygen atoms in total. The summed E-state index contributed by atoms with van der Waals surface area (Å²) in [5, 5.41) is 8.72. The highest BCUT2D eigenvalue weighted by Gasteiger charge is 2.47. The van der Waals surface area contributed by atoms with E-state index in [2.05, 4.69) is 6.07 Å². The monoisotopic (exact) mass is 264 g/mol.